The van der Waals surface area contributed by atoms with E-state index < -0.39 is 0 Å². The second-order valence-electron chi connectivity index (χ2n) is 3.67. The second kappa shape index (κ2) is 4.36. The maximum absolute atomic E-state index is 8.73. The number of aliphatic hydroxyl groups excluding tert-OH is 1. The van der Waals surface area contributed by atoms with Crippen molar-refractivity contribution in [3.05, 3.63) is 30.0 Å². The predicted octanol–water partition coefficient (Wildman–Crippen LogP) is 2.27. The molecule has 0 fully saturated rings. The Hall–Kier alpha value is -1.48. The van der Waals surface area contributed by atoms with Crippen molar-refractivity contribution in [3.8, 4) is 0 Å². The summed E-state index contributed by atoms with van der Waals surface area (Å²) in [6.45, 7) is 3.09. The number of aryl methyl sites for hydroxylation is 1. The zero-order chi connectivity index (χ0) is 10.7. The lowest BCUT2D eigenvalue weighted by molar-refractivity contribution is 0.292. The summed E-state index contributed by atoms with van der Waals surface area (Å²) in [7, 11) is 0. The van der Waals surface area contributed by atoms with Crippen molar-refractivity contribution >= 4 is 16.6 Å². The first-order chi connectivity index (χ1) is 7.33. The lowest BCUT2D eigenvalue weighted by atomic mass is 10.2. The minimum atomic E-state index is 0.231. The highest BCUT2D eigenvalue weighted by molar-refractivity contribution is 5.94. The summed E-state index contributed by atoms with van der Waals surface area (Å²) in [6, 6.07) is 8.22. The molecular formula is C12H16N2O. The quantitative estimate of drug-likeness (QED) is 0.669. The van der Waals surface area contributed by atoms with Crippen LogP contribution >= 0.6 is 0 Å². The highest BCUT2D eigenvalue weighted by Crippen LogP contribution is 2.26. The van der Waals surface area contributed by atoms with Gasteiger partial charge in [0.2, 0.25) is 0 Å². The number of H-pyrrole nitrogens is 1. The van der Waals surface area contributed by atoms with Crippen LogP contribution in [0.1, 0.15) is 12.1 Å². The van der Waals surface area contributed by atoms with Crippen LogP contribution in [0.4, 0.5) is 5.69 Å². The van der Waals surface area contributed by atoms with Gasteiger partial charge in [0, 0.05) is 29.7 Å². The molecule has 1 aromatic carbocycles. The van der Waals surface area contributed by atoms with E-state index in [1.807, 2.05) is 12.1 Å². The number of aromatic nitrogens is 1. The van der Waals surface area contributed by atoms with Crippen LogP contribution < -0.4 is 5.32 Å². The van der Waals surface area contributed by atoms with Crippen molar-refractivity contribution in [2.45, 2.75) is 13.3 Å². The van der Waals surface area contributed by atoms with Gasteiger partial charge in [0.15, 0.2) is 0 Å². The Kier molecular flexibility index (Phi) is 2.92. The summed E-state index contributed by atoms with van der Waals surface area (Å²) >= 11 is 0. The molecule has 0 saturated carbocycles. The monoisotopic (exact) mass is 204 g/mol. The largest absolute Gasteiger partial charge is 0.396 e. The van der Waals surface area contributed by atoms with E-state index in [0.29, 0.717) is 0 Å². The fourth-order valence-corrected chi connectivity index (χ4v) is 1.80. The molecule has 0 radical (unpaired) electrons. The SMILES string of the molecule is Cc1[nH]c2ccccc2c1NCCCO. The van der Waals surface area contributed by atoms with E-state index >= 15 is 0 Å². The van der Waals surface area contributed by atoms with Crippen molar-refractivity contribution in [2.75, 3.05) is 18.5 Å². The molecule has 3 N–H and O–H groups in total. The second-order valence-corrected chi connectivity index (χ2v) is 3.67. The van der Waals surface area contributed by atoms with Gasteiger partial charge >= 0.3 is 0 Å². The Morgan fingerprint density at radius 1 is 1.33 bits per heavy atom. The molecule has 3 nitrogen and oxygen atoms in total. The molecule has 2 aromatic rings. The van der Waals surface area contributed by atoms with Gasteiger partial charge in [-0.05, 0) is 19.4 Å². The molecule has 1 aromatic heterocycles. The van der Waals surface area contributed by atoms with Crippen LogP contribution in [0.15, 0.2) is 24.3 Å². The van der Waals surface area contributed by atoms with E-state index in [-0.39, 0.29) is 6.61 Å². The van der Waals surface area contributed by atoms with Gasteiger partial charge in [-0.15, -0.1) is 0 Å². The lowest BCUT2D eigenvalue weighted by Crippen LogP contribution is -2.03. The molecule has 2 rings (SSSR count). The molecule has 1 heterocycles. The van der Waals surface area contributed by atoms with Crippen LogP contribution in [0.2, 0.25) is 0 Å². The molecule has 0 saturated heterocycles. The third-order valence-electron chi connectivity index (χ3n) is 2.53. The summed E-state index contributed by atoms with van der Waals surface area (Å²) in [5.74, 6) is 0. The maximum Gasteiger partial charge on any atom is 0.0628 e. The number of fused-ring (bicyclic) bond motifs is 1. The molecule has 15 heavy (non-hydrogen) atoms. The molecule has 0 aliphatic carbocycles. The number of anilines is 1. The highest BCUT2D eigenvalue weighted by atomic mass is 16.3. The summed E-state index contributed by atoms with van der Waals surface area (Å²) in [5, 5.41) is 13.3. The summed E-state index contributed by atoms with van der Waals surface area (Å²) in [6.07, 6.45) is 0.777. The van der Waals surface area contributed by atoms with Gasteiger partial charge in [-0.2, -0.15) is 0 Å². The Bertz CT molecular complexity index is 448. The van der Waals surface area contributed by atoms with E-state index in [9.17, 15) is 0 Å². The van der Waals surface area contributed by atoms with Crippen LogP contribution in [-0.2, 0) is 0 Å². The molecule has 0 unspecified atom stereocenters. The number of para-hydroxylation sites is 1. The number of rotatable bonds is 4. The zero-order valence-corrected chi connectivity index (χ0v) is 8.88. The van der Waals surface area contributed by atoms with Gasteiger partial charge in [0.1, 0.15) is 0 Å². The molecule has 80 valence electrons. The average molecular weight is 204 g/mol. The van der Waals surface area contributed by atoms with Gasteiger partial charge in [-0.3, -0.25) is 0 Å². The van der Waals surface area contributed by atoms with Crippen molar-refractivity contribution in [2.24, 2.45) is 0 Å². The number of nitrogens with one attached hydrogen (secondary N) is 2. The number of hydrogen-bond acceptors (Lipinski definition) is 2. The van der Waals surface area contributed by atoms with E-state index in [1.54, 1.807) is 0 Å². The van der Waals surface area contributed by atoms with Crippen LogP contribution in [0, 0.1) is 6.92 Å². The molecule has 0 amide bonds. The molecule has 0 spiro atoms. The van der Waals surface area contributed by atoms with E-state index in [1.165, 1.54) is 5.39 Å². The third-order valence-corrected chi connectivity index (χ3v) is 2.53. The fraction of sp³-hybridized carbons (Fsp3) is 0.333. The van der Waals surface area contributed by atoms with Crippen LogP contribution in [0.25, 0.3) is 10.9 Å². The molecule has 0 aliphatic rings. The van der Waals surface area contributed by atoms with Crippen molar-refractivity contribution in [1.29, 1.82) is 0 Å². The molecule has 3 heteroatoms. The van der Waals surface area contributed by atoms with Gasteiger partial charge < -0.3 is 15.4 Å². The topological polar surface area (TPSA) is 48.0 Å². The van der Waals surface area contributed by atoms with Gasteiger partial charge in [0.05, 0.1) is 5.69 Å². The number of hydrogen-bond donors (Lipinski definition) is 3. The van der Waals surface area contributed by atoms with Crippen LogP contribution in [0.3, 0.4) is 0 Å². The number of aromatic amines is 1. The van der Waals surface area contributed by atoms with Crippen molar-refractivity contribution in [3.63, 3.8) is 0 Å². The summed E-state index contributed by atoms with van der Waals surface area (Å²) < 4.78 is 0. The minimum absolute atomic E-state index is 0.231. The first kappa shape index (κ1) is 10.1. The lowest BCUT2D eigenvalue weighted by Gasteiger charge is -2.04. The van der Waals surface area contributed by atoms with Gasteiger partial charge in [-0.1, -0.05) is 18.2 Å². The van der Waals surface area contributed by atoms with Crippen molar-refractivity contribution < 1.29 is 5.11 Å². The van der Waals surface area contributed by atoms with Gasteiger partial charge in [-0.25, -0.2) is 0 Å². The minimum Gasteiger partial charge on any atom is -0.396 e. The maximum atomic E-state index is 8.73. The molecular weight excluding hydrogens is 188 g/mol. The Morgan fingerprint density at radius 2 is 2.13 bits per heavy atom. The summed E-state index contributed by atoms with van der Waals surface area (Å²) in [5.41, 5.74) is 3.45. The Morgan fingerprint density at radius 3 is 2.93 bits per heavy atom. The molecule has 0 bridgehead atoms. The number of benzene rings is 1. The summed E-state index contributed by atoms with van der Waals surface area (Å²) in [4.78, 5) is 3.33. The fourth-order valence-electron chi connectivity index (χ4n) is 1.80. The Balaban J connectivity index is 2.28. The smallest absolute Gasteiger partial charge is 0.0628 e. The van der Waals surface area contributed by atoms with Crippen LogP contribution in [0.5, 0.6) is 0 Å². The van der Waals surface area contributed by atoms with Crippen molar-refractivity contribution in [1.82, 2.24) is 4.98 Å². The normalized spacial score (nSPS) is 10.8. The zero-order valence-electron chi connectivity index (χ0n) is 8.88. The molecule has 0 atom stereocenters. The average Bonchev–Trinajstić information content (AvgIpc) is 2.56. The van der Waals surface area contributed by atoms with E-state index in [0.717, 1.165) is 29.9 Å². The third kappa shape index (κ3) is 1.97. The van der Waals surface area contributed by atoms with Crippen LogP contribution in [-0.4, -0.2) is 23.2 Å². The van der Waals surface area contributed by atoms with Gasteiger partial charge in [0.25, 0.3) is 0 Å². The number of aliphatic hydroxyl groups is 1. The predicted molar refractivity (Wildman–Crippen MR) is 63.2 cm³/mol. The molecule has 0 aliphatic heterocycles. The first-order valence-corrected chi connectivity index (χ1v) is 5.25. The highest BCUT2D eigenvalue weighted by Gasteiger charge is 2.05. The van der Waals surface area contributed by atoms with E-state index in [2.05, 4.69) is 29.4 Å². The standard InChI is InChI=1S/C12H16N2O/c1-9-12(13-7-4-8-15)10-5-2-3-6-11(10)14-9/h2-3,5-6,13-15H,4,7-8H2,1H3. The Labute approximate surface area is 89.1 Å². The first-order valence-electron chi connectivity index (χ1n) is 5.25. The van der Waals surface area contributed by atoms with E-state index in [4.69, 9.17) is 5.11 Å².